The van der Waals surface area contributed by atoms with E-state index in [1.54, 1.807) is 18.3 Å². The van der Waals surface area contributed by atoms with Crippen molar-refractivity contribution in [3.05, 3.63) is 42.0 Å². The van der Waals surface area contributed by atoms with Crippen molar-refractivity contribution in [3.63, 3.8) is 0 Å². The number of aryl methyl sites for hydroxylation is 1. The highest BCUT2D eigenvalue weighted by molar-refractivity contribution is 5.94. The molecule has 162 valence electrons. The van der Waals surface area contributed by atoms with Gasteiger partial charge in [-0.3, -0.25) is 14.5 Å². The van der Waals surface area contributed by atoms with Crippen LogP contribution >= 0.6 is 0 Å². The lowest BCUT2D eigenvalue weighted by Crippen LogP contribution is -2.51. The van der Waals surface area contributed by atoms with Crippen LogP contribution in [0.25, 0.3) is 0 Å². The normalized spacial score (nSPS) is 25.2. The number of hydrogen-bond donors (Lipinski definition) is 2. The number of aromatic nitrogens is 4. The van der Waals surface area contributed by atoms with Crippen molar-refractivity contribution < 1.29 is 14.6 Å². The monoisotopic (exact) mass is 413 g/mol. The van der Waals surface area contributed by atoms with Gasteiger partial charge in [0, 0.05) is 31.1 Å². The highest BCUT2D eigenvalue weighted by Gasteiger charge is 2.32. The standard InChI is InChI=1S/C22H31N5O3/c28-15-21-19(24-22(29)17-7-4-11-23-13-17)9-8-18(30-21)10-12-27-14-20(25-26-27)16-5-2-1-3-6-16/h4,7,11,13-14,16,18-19,21,28H,1-3,5-6,8-10,12,15H2,(H,24,29)/t18-,19-,21+/m1/s1. The van der Waals surface area contributed by atoms with E-state index in [-0.39, 0.29) is 24.7 Å². The lowest BCUT2D eigenvalue weighted by Gasteiger charge is -2.36. The van der Waals surface area contributed by atoms with Gasteiger partial charge >= 0.3 is 0 Å². The topological polar surface area (TPSA) is 102 Å². The van der Waals surface area contributed by atoms with E-state index in [0.717, 1.165) is 31.5 Å². The zero-order valence-corrected chi connectivity index (χ0v) is 17.3. The van der Waals surface area contributed by atoms with E-state index in [2.05, 4.69) is 26.8 Å². The first-order valence-electron chi connectivity index (χ1n) is 11.1. The van der Waals surface area contributed by atoms with Crippen LogP contribution in [-0.4, -0.2) is 55.8 Å². The largest absolute Gasteiger partial charge is 0.394 e. The quantitative estimate of drug-likeness (QED) is 0.723. The zero-order valence-electron chi connectivity index (χ0n) is 17.3. The Labute approximate surface area is 177 Å². The van der Waals surface area contributed by atoms with E-state index >= 15 is 0 Å². The Morgan fingerprint density at radius 2 is 2.10 bits per heavy atom. The van der Waals surface area contributed by atoms with Gasteiger partial charge in [-0.1, -0.05) is 24.5 Å². The van der Waals surface area contributed by atoms with Crippen molar-refractivity contribution in [2.24, 2.45) is 0 Å². The molecule has 2 aromatic rings. The molecule has 0 spiro atoms. The average Bonchev–Trinajstić information content (AvgIpc) is 3.28. The van der Waals surface area contributed by atoms with E-state index in [1.165, 1.54) is 38.3 Å². The van der Waals surface area contributed by atoms with Gasteiger partial charge in [-0.2, -0.15) is 0 Å². The maximum Gasteiger partial charge on any atom is 0.253 e. The van der Waals surface area contributed by atoms with Gasteiger partial charge in [0.15, 0.2) is 0 Å². The van der Waals surface area contributed by atoms with Crippen LogP contribution in [0.1, 0.15) is 73.3 Å². The first kappa shape index (κ1) is 20.9. The summed E-state index contributed by atoms with van der Waals surface area (Å²) >= 11 is 0. The molecule has 1 saturated carbocycles. The third kappa shape index (κ3) is 5.23. The van der Waals surface area contributed by atoms with Crippen LogP contribution in [0.3, 0.4) is 0 Å². The summed E-state index contributed by atoms with van der Waals surface area (Å²) in [5.74, 6) is 0.368. The molecule has 1 aliphatic carbocycles. The van der Waals surface area contributed by atoms with Crippen molar-refractivity contribution >= 4 is 5.91 Å². The smallest absolute Gasteiger partial charge is 0.253 e. The van der Waals surface area contributed by atoms with Crippen LogP contribution in [-0.2, 0) is 11.3 Å². The minimum atomic E-state index is -0.405. The maximum atomic E-state index is 12.4. The summed E-state index contributed by atoms with van der Waals surface area (Å²) in [6, 6.07) is 3.25. The van der Waals surface area contributed by atoms with E-state index < -0.39 is 6.10 Å². The molecule has 0 bridgehead atoms. The molecular weight excluding hydrogens is 382 g/mol. The molecule has 8 heteroatoms. The Hall–Kier alpha value is -2.32. The second kappa shape index (κ2) is 10.1. The summed E-state index contributed by atoms with van der Waals surface area (Å²) in [6.07, 6.45) is 13.6. The molecule has 4 rings (SSSR count). The van der Waals surface area contributed by atoms with E-state index in [4.69, 9.17) is 4.74 Å². The number of carbonyl (C=O) groups excluding carboxylic acids is 1. The van der Waals surface area contributed by atoms with E-state index in [1.807, 2.05) is 4.68 Å². The van der Waals surface area contributed by atoms with Crippen molar-refractivity contribution in [2.75, 3.05) is 6.61 Å². The molecule has 3 heterocycles. The Kier molecular flexibility index (Phi) is 7.07. The lowest BCUT2D eigenvalue weighted by molar-refractivity contribution is -0.0912. The Bertz CT molecular complexity index is 806. The molecule has 0 unspecified atom stereocenters. The molecule has 1 amide bonds. The second-order valence-corrected chi connectivity index (χ2v) is 8.41. The number of hydrogen-bond acceptors (Lipinski definition) is 6. The van der Waals surface area contributed by atoms with Gasteiger partial charge in [-0.25, -0.2) is 0 Å². The molecule has 2 aliphatic rings. The number of nitrogens with one attached hydrogen (secondary N) is 1. The zero-order chi connectivity index (χ0) is 20.8. The van der Waals surface area contributed by atoms with Gasteiger partial charge in [0.05, 0.1) is 30.0 Å². The maximum absolute atomic E-state index is 12.4. The number of aliphatic hydroxyl groups excluding tert-OH is 1. The molecule has 2 fully saturated rings. The minimum Gasteiger partial charge on any atom is -0.394 e. The fourth-order valence-corrected chi connectivity index (χ4v) is 4.54. The molecule has 0 radical (unpaired) electrons. The number of amides is 1. The summed E-state index contributed by atoms with van der Waals surface area (Å²) in [5.41, 5.74) is 1.63. The number of rotatable bonds is 7. The molecule has 8 nitrogen and oxygen atoms in total. The van der Waals surface area contributed by atoms with Crippen molar-refractivity contribution in [1.82, 2.24) is 25.3 Å². The van der Waals surface area contributed by atoms with Gasteiger partial charge in [-0.05, 0) is 44.2 Å². The van der Waals surface area contributed by atoms with Crippen LogP contribution in [0.2, 0.25) is 0 Å². The molecule has 1 saturated heterocycles. The van der Waals surface area contributed by atoms with Crippen molar-refractivity contribution in [2.45, 2.75) is 82.1 Å². The number of ether oxygens (including phenoxy) is 1. The van der Waals surface area contributed by atoms with Crippen LogP contribution < -0.4 is 5.32 Å². The van der Waals surface area contributed by atoms with Crippen LogP contribution in [0.15, 0.2) is 30.7 Å². The molecular formula is C22H31N5O3. The SMILES string of the molecule is O=C(N[C@@H]1CC[C@H](CCn2cc(C3CCCCC3)nn2)O[C@H]1CO)c1cccnc1. The summed E-state index contributed by atoms with van der Waals surface area (Å²) < 4.78 is 8.00. The summed E-state index contributed by atoms with van der Waals surface area (Å²) in [7, 11) is 0. The Balaban J connectivity index is 1.26. The summed E-state index contributed by atoms with van der Waals surface area (Å²) in [5, 5.41) is 21.4. The van der Waals surface area contributed by atoms with Crippen LogP contribution in [0.5, 0.6) is 0 Å². The van der Waals surface area contributed by atoms with E-state index in [0.29, 0.717) is 11.5 Å². The molecule has 30 heavy (non-hydrogen) atoms. The predicted molar refractivity (Wildman–Crippen MR) is 111 cm³/mol. The van der Waals surface area contributed by atoms with Crippen molar-refractivity contribution in [3.8, 4) is 0 Å². The van der Waals surface area contributed by atoms with Crippen molar-refractivity contribution in [1.29, 1.82) is 0 Å². The second-order valence-electron chi connectivity index (χ2n) is 8.41. The molecule has 2 aromatic heterocycles. The third-order valence-corrected chi connectivity index (χ3v) is 6.30. The van der Waals surface area contributed by atoms with Gasteiger partial charge in [0.1, 0.15) is 6.10 Å². The fraction of sp³-hybridized carbons (Fsp3) is 0.636. The lowest BCUT2D eigenvalue weighted by atomic mass is 9.87. The van der Waals surface area contributed by atoms with E-state index in [9.17, 15) is 9.90 Å². The highest BCUT2D eigenvalue weighted by Crippen LogP contribution is 2.31. The number of aliphatic hydroxyl groups is 1. The predicted octanol–water partition coefficient (Wildman–Crippen LogP) is 2.45. The first-order chi connectivity index (χ1) is 14.7. The minimum absolute atomic E-state index is 0.0380. The Morgan fingerprint density at radius 3 is 2.87 bits per heavy atom. The summed E-state index contributed by atoms with van der Waals surface area (Å²) in [4.78, 5) is 16.4. The van der Waals surface area contributed by atoms with Gasteiger partial charge in [0.2, 0.25) is 0 Å². The van der Waals surface area contributed by atoms with Crippen LogP contribution in [0, 0.1) is 0 Å². The summed E-state index contributed by atoms with van der Waals surface area (Å²) in [6.45, 7) is 0.624. The number of nitrogens with zero attached hydrogens (tertiary/aromatic N) is 4. The molecule has 3 atom stereocenters. The highest BCUT2D eigenvalue weighted by atomic mass is 16.5. The molecule has 1 aliphatic heterocycles. The fourth-order valence-electron chi connectivity index (χ4n) is 4.54. The Morgan fingerprint density at radius 1 is 1.23 bits per heavy atom. The van der Waals surface area contributed by atoms with Crippen LogP contribution in [0.4, 0.5) is 0 Å². The van der Waals surface area contributed by atoms with Gasteiger partial charge < -0.3 is 15.2 Å². The molecule has 0 aromatic carbocycles. The first-order valence-corrected chi connectivity index (χ1v) is 11.1. The average molecular weight is 414 g/mol. The van der Waals surface area contributed by atoms with Gasteiger partial charge in [0.25, 0.3) is 5.91 Å². The third-order valence-electron chi connectivity index (χ3n) is 6.30. The molecule has 2 N–H and O–H groups in total. The van der Waals surface area contributed by atoms with Gasteiger partial charge in [-0.15, -0.1) is 5.10 Å². The number of pyridine rings is 1. The number of carbonyl (C=O) groups is 1.